The molecular weight excluding hydrogens is 480 g/mol. The molecule has 3 rings (SSSR count). The Morgan fingerprint density at radius 2 is 1.58 bits per heavy atom. The normalized spacial score (nSPS) is 10.8. The van der Waals surface area contributed by atoms with E-state index < -0.39 is 0 Å². The van der Waals surface area contributed by atoms with Crippen molar-refractivity contribution >= 4 is 23.7 Å². The van der Waals surface area contributed by atoms with Crippen LogP contribution in [-0.4, -0.2) is 31.9 Å². The zero-order valence-corrected chi connectivity index (χ0v) is 21.5. The minimum Gasteiger partial charge on any atom is -0.490 e. The second-order valence-corrected chi connectivity index (χ2v) is 8.14. The van der Waals surface area contributed by atoms with Crippen LogP contribution in [0.1, 0.15) is 48.7 Å². The fraction of sp³-hybridized carbons (Fsp3) is 0.286. The Kier molecular flexibility index (Phi) is 10.5. The first-order valence-electron chi connectivity index (χ1n) is 11.9. The van der Waals surface area contributed by atoms with Crippen molar-refractivity contribution in [2.75, 3.05) is 19.8 Å². The van der Waals surface area contributed by atoms with Crippen LogP contribution in [0.4, 0.5) is 0 Å². The van der Waals surface area contributed by atoms with Crippen molar-refractivity contribution in [1.82, 2.24) is 5.43 Å². The molecule has 0 fully saturated rings. The van der Waals surface area contributed by atoms with Crippen molar-refractivity contribution in [3.63, 3.8) is 0 Å². The molecule has 0 radical (unpaired) electrons. The molecule has 3 aromatic carbocycles. The monoisotopic (exact) mass is 510 g/mol. The van der Waals surface area contributed by atoms with Gasteiger partial charge in [-0.15, -0.1) is 0 Å². The van der Waals surface area contributed by atoms with E-state index in [0.717, 1.165) is 17.5 Å². The predicted octanol–water partition coefficient (Wildman–Crippen LogP) is 6.27. The van der Waals surface area contributed by atoms with Gasteiger partial charge in [-0.1, -0.05) is 30.7 Å². The van der Waals surface area contributed by atoms with Crippen LogP contribution in [0, 0.1) is 0 Å². The molecule has 0 heterocycles. The third kappa shape index (κ3) is 7.92. The summed E-state index contributed by atoms with van der Waals surface area (Å²) in [6, 6.07) is 18.0. The van der Waals surface area contributed by atoms with Crippen molar-refractivity contribution in [2.24, 2.45) is 5.10 Å². The number of halogens is 1. The number of rotatable bonds is 13. The molecular formula is C28H31ClN2O5. The number of carbonyl (C=O) groups is 1. The highest BCUT2D eigenvalue weighted by atomic mass is 35.5. The average Bonchev–Trinajstić information content (AvgIpc) is 2.88. The van der Waals surface area contributed by atoms with Gasteiger partial charge in [0.05, 0.1) is 26.0 Å². The van der Waals surface area contributed by atoms with Crippen molar-refractivity contribution in [3.8, 4) is 23.0 Å². The number of hydrazone groups is 1. The topological polar surface area (TPSA) is 78.4 Å². The van der Waals surface area contributed by atoms with Gasteiger partial charge < -0.3 is 18.9 Å². The van der Waals surface area contributed by atoms with Crippen LogP contribution in [-0.2, 0) is 6.61 Å². The van der Waals surface area contributed by atoms with Gasteiger partial charge >= 0.3 is 0 Å². The van der Waals surface area contributed by atoms with E-state index in [9.17, 15) is 4.79 Å². The van der Waals surface area contributed by atoms with Crippen LogP contribution in [0.25, 0.3) is 0 Å². The molecule has 0 aliphatic carbocycles. The molecule has 0 aliphatic rings. The van der Waals surface area contributed by atoms with Crippen LogP contribution in [0.5, 0.6) is 23.0 Å². The zero-order chi connectivity index (χ0) is 25.8. The van der Waals surface area contributed by atoms with E-state index in [-0.39, 0.29) is 5.91 Å². The van der Waals surface area contributed by atoms with Gasteiger partial charge in [-0.05, 0) is 79.9 Å². The summed E-state index contributed by atoms with van der Waals surface area (Å²) in [5.41, 5.74) is 4.66. The molecule has 0 bridgehead atoms. The maximum Gasteiger partial charge on any atom is 0.271 e. The fourth-order valence-corrected chi connectivity index (χ4v) is 3.47. The van der Waals surface area contributed by atoms with Gasteiger partial charge in [0.15, 0.2) is 23.0 Å². The number of benzene rings is 3. The van der Waals surface area contributed by atoms with E-state index in [1.165, 1.54) is 0 Å². The Balaban J connectivity index is 1.65. The molecule has 3 aromatic rings. The van der Waals surface area contributed by atoms with Gasteiger partial charge in [0.1, 0.15) is 6.61 Å². The summed E-state index contributed by atoms with van der Waals surface area (Å²) in [4.78, 5) is 12.6. The Labute approximate surface area is 217 Å². The van der Waals surface area contributed by atoms with Gasteiger partial charge in [-0.3, -0.25) is 4.79 Å². The highest BCUT2D eigenvalue weighted by Gasteiger charge is 2.12. The van der Waals surface area contributed by atoms with E-state index in [2.05, 4.69) is 10.5 Å². The maximum atomic E-state index is 12.6. The summed E-state index contributed by atoms with van der Waals surface area (Å²) in [5.74, 6) is 1.96. The lowest BCUT2D eigenvalue weighted by Gasteiger charge is -2.13. The van der Waals surface area contributed by atoms with E-state index in [1.54, 1.807) is 30.5 Å². The van der Waals surface area contributed by atoms with E-state index in [0.29, 0.717) is 60.0 Å². The second kappa shape index (κ2) is 14.0. The standard InChI is InChI=1S/C28H31ClN2O5/c1-4-14-35-24-13-11-22(17-27(24)34-6-3)28(32)31-30-18-20-10-12-25(26(16-20)33-5-2)36-19-21-8-7-9-23(29)15-21/h7-13,15-18H,4-6,14,19H2,1-3H3,(H,31,32)/b30-18+. The molecule has 190 valence electrons. The van der Waals surface area contributed by atoms with Gasteiger partial charge in [-0.25, -0.2) is 5.43 Å². The van der Waals surface area contributed by atoms with Crippen LogP contribution >= 0.6 is 11.6 Å². The Morgan fingerprint density at radius 1 is 0.861 bits per heavy atom. The van der Waals surface area contributed by atoms with E-state index in [1.807, 2.05) is 57.2 Å². The molecule has 0 aromatic heterocycles. The van der Waals surface area contributed by atoms with Crippen LogP contribution in [0.15, 0.2) is 65.8 Å². The third-order valence-corrected chi connectivity index (χ3v) is 5.13. The number of nitrogens with one attached hydrogen (secondary N) is 1. The van der Waals surface area contributed by atoms with Crippen molar-refractivity contribution in [1.29, 1.82) is 0 Å². The van der Waals surface area contributed by atoms with Crippen molar-refractivity contribution < 1.29 is 23.7 Å². The van der Waals surface area contributed by atoms with E-state index in [4.69, 9.17) is 30.5 Å². The molecule has 1 N–H and O–H groups in total. The van der Waals surface area contributed by atoms with Crippen molar-refractivity contribution in [2.45, 2.75) is 33.8 Å². The lowest BCUT2D eigenvalue weighted by Crippen LogP contribution is -2.17. The fourth-order valence-electron chi connectivity index (χ4n) is 3.26. The summed E-state index contributed by atoms with van der Waals surface area (Å²) in [6.07, 6.45) is 2.42. The van der Waals surface area contributed by atoms with Gasteiger partial charge in [0.2, 0.25) is 0 Å². The maximum absolute atomic E-state index is 12.6. The molecule has 0 spiro atoms. The quantitative estimate of drug-likeness (QED) is 0.216. The van der Waals surface area contributed by atoms with Crippen LogP contribution in [0.2, 0.25) is 5.02 Å². The molecule has 36 heavy (non-hydrogen) atoms. The molecule has 0 saturated carbocycles. The molecule has 0 atom stereocenters. The lowest BCUT2D eigenvalue weighted by molar-refractivity contribution is 0.0954. The first-order chi connectivity index (χ1) is 17.5. The summed E-state index contributed by atoms with van der Waals surface area (Å²) in [7, 11) is 0. The van der Waals surface area contributed by atoms with Crippen LogP contribution in [0.3, 0.4) is 0 Å². The average molecular weight is 511 g/mol. The Bertz CT molecular complexity index is 1180. The van der Waals surface area contributed by atoms with Gasteiger partial charge in [-0.2, -0.15) is 5.10 Å². The molecule has 0 aliphatic heterocycles. The molecule has 0 unspecified atom stereocenters. The highest BCUT2D eigenvalue weighted by molar-refractivity contribution is 6.30. The van der Waals surface area contributed by atoms with Gasteiger partial charge in [0, 0.05) is 10.6 Å². The minimum atomic E-state index is -0.360. The SMILES string of the molecule is CCCOc1ccc(C(=O)N/N=C/c2ccc(OCc3cccc(Cl)c3)c(OCC)c2)cc1OCC. The lowest BCUT2D eigenvalue weighted by atomic mass is 10.2. The third-order valence-electron chi connectivity index (χ3n) is 4.90. The van der Waals surface area contributed by atoms with Crippen LogP contribution < -0.4 is 24.4 Å². The Morgan fingerprint density at radius 3 is 2.31 bits per heavy atom. The second-order valence-electron chi connectivity index (χ2n) is 7.70. The summed E-state index contributed by atoms with van der Waals surface area (Å²) in [6.45, 7) is 7.68. The zero-order valence-electron chi connectivity index (χ0n) is 20.8. The number of hydrogen-bond acceptors (Lipinski definition) is 6. The number of nitrogens with zero attached hydrogens (tertiary/aromatic N) is 1. The van der Waals surface area contributed by atoms with Crippen molar-refractivity contribution in [3.05, 3.63) is 82.4 Å². The number of ether oxygens (including phenoxy) is 4. The number of carbonyl (C=O) groups excluding carboxylic acids is 1. The first-order valence-corrected chi connectivity index (χ1v) is 12.3. The van der Waals surface area contributed by atoms with E-state index >= 15 is 0 Å². The summed E-state index contributed by atoms with van der Waals surface area (Å²) < 4.78 is 23.0. The summed E-state index contributed by atoms with van der Waals surface area (Å²) in [5, 5.41) is 4.75. The molecule has 1 amide bonds. The molecule has 0 saturated heterocycles. The number of hydrogen-bond donors (Lipinski definition) is 1. The largest absolute Gasteiger partial charge is 0.490 e. The minimum absolute atomic E-state index is 0.357. The predicted molar refractivity (Wildman–Crippen MR) is 142 cm³/mol. The first kappa shape index (κ1) is 26.9. The summed E-state index contributed by atoms with van der Waals surface area (Å²) >= 11 is 6.05. The molecule has 8 heteroatoms. The van der Waals surface area contributed by atoms with Gasteiger partial charge in [0.25, 0.3) is 5.91 Å². The highest BCUT2D eigenvalue weighted by Crippen LogP contribution is 2.30. The number of amides is 1. The Hall–Kier alpha value is -3.71. The molecule has 7 nitrogen and oxygen atoms in total. The smallest absolute Gasteiger partial charge is 0.271 e.